The Balaban J connectivity index is 2.11. The van der Waals surface area contributed by atoms with Crippen molar-refractivity contribution in [2.24, 2.45) is 0 Å². The highest BCUT2D eigenvalue weighted by Crippen LogP contribution is 2.01. The van der Waals surface area contributed by atoms with Gasteiger partial charge in [-0.05, 0) is 18.2 Å². The van der Waals surface area contributed by atoms with Gasteiger partial charge in [0.1, 0.15) is 5.56 Å². The lowest BCUT2D eigenvalue weighted by molar-refractivity contribution is -0.683. The molecule has 0 fully saturated rings. The molecule has 0 atom stereocenters. The first-order valence-electron chi connectivity index (χ1n) is 5.73. The molecule has 0 bridgehead atoms. The summed E-state index contributed by atoms with van der Waals surface area (Å²) in [4.78, 5) is 23.5. The number of hydrazine groups is 1. The number of ketones is 1. The number of rotatable bonds is 5. The molecule has 98 valence electrons. The molecular formula is C13H14N3O3+. The molecule has 0 aliphatic rings. The molecule has 19 heavy (non-hydrogen) atoms. The topological polar surface area (TPSA) is 75.2 Å². The maximum atomic E-state index is 11.9. The highest BCUT2D eigenvalue weighted by atomic mass is 16.3. The predicted molar refractivity (Wildman–Crippen MR) is 66.2 cm³/mol. The second kappa shape index (κ2) is 5.92. The van der Waals surface area contributed by atoms with Gasteiger partial charge in [-0.2, -0.15) is 4.57 Å². The Bertz CT molecular complexity index is 579. The lowest BCUT2D eigenvalue weighted by Crippen LogP contribution is -2.40. The van der Waals surface area contributed by atoms with Crippen molar-refractivity contribution in [2.45, 2.75) is 6.54 Å². The smallest absolute Gasteiger partial charge is 0.271 e. The molecule has 2 aromatic rings. The van der Waals surface area contributed by atoms with Crippen LogP contribution in [0.4, 0.5) is 0 Å². The van der Waals surface area contributed by atoms with Crippen molar-refractivity contribution in [2.75, 3.05) is 7.05 Å². The third-order valence-corrected chi connectivity index (χ3v) is 2.48. The molecular weight excluding hydrogens is 246 g/mol. The number of hydrogen-bond acceptors (Lipinski definition) is 4. The Kier molecular flexibility index (Phi) is 4.04. The molecule has 1 amide bonds. The van der Waals surface area contributed by atoms with Crippen LogP contribution in [0.3, 0.4) is 0 Å². The number of pyridine rings is 1. The average Bonchev–Trinajstić information content (AvgIpc) is 2.93. The summed E-state index contributed by atoms with van der Waals surface area (Å²) < 4.78 is 6.67. The summed E-state index contributed by atoms with van der Waals surface area (Å²) in [6, 6.07) is 6.65. The molecule has 0 spiro atoms. The van der Waals surface area contributed by atoms with Crippen LogP contribution in [0.2, 0.25) is 0 Å². The molecule has 2 N–H and O–H groups in total. The Morgan fingerprint density at radius 2 is 2.16 bits per heavy atom. The van der Waals surface area contributed by atoms with E-state index in [-0.39, 0.29) is 18.2 Å². The summed E-state index contributed by atoms with van der Waals surface area (Å²) in [7, 11) is 1.61. The van der Waals surface area contributed by atoms with E-state index in [1.54, 1.807) is 48.3 Å². The fraction of sp³-hybridized carbons (Fsp3) is 0.154. The van der Waals surface area contributed by atoms with E-state index in [0.29, 0.717) is 11.3 Å². The van der Waals surface area contributed by atoms with E-state index in [1.807, 2.05) is 0 Å². The lowest BCUT2D eigenvalue weighted by atomic mass is 10.2. The van der Waals surface area contributed by atoms with Gasteiger partial charge >= 0.3 is 0 Å². The van der Waals surface area contributed by atoms with E-state index in [9.17, 15) is 9.59 Å². The number of nitrogens with zero attached hydrogens (tertiary/aromatic N) is 1. The Morgan fingerprint density at radius 1 is 1.32 bits per heavy atom. The molecule has 6 heteroatoms. The highest BCUT2D eigenvalue weighted by molar-refractivity contribution is 5.93. The number of carbonyl (C=O) groups is 2. The van der Waals surface area contributed by atoms with Crippen molar-refractivity contribution in [3.05, 3.63) is 54.2 Å². The summed E-state index contributed by atoms with van der Waals surface area (Å²) in [5.41, 5.74) is 5.48. The zero-order chi connectivity index (χ0) is 13.7. The molecule has 0 unspecified atom stereocenters. The molecule has 0 saturated carbocycles. The van der Waals surface area contributed by atoms with Gasteiger partial charge in [-0.15, -0.1) is 0 Å². The lowest BCUT2D eigenvalue weighted by Gasteiger charge is -2.01. The molecule has 0 aromatic carbocycles. The van der Waals surface area contributed by atoms with Crippen LogP contribution in [-0.4, -0.2) is 18.7 Å². The first-order valence-corrected chi connectivity index (χ1v) is 5.73. The van der Waals surface area contributed by atoms with Gasteiger partial charge in [0.2, 0.25) is 6.54 Å². The molecule has 2 heterocycles. The van der Waals surface area contributed by atoms with Crippen LogP contribution in [0.15, 0.2) is 47.3 Å². The number of hydrogen-bond donors (Lipinski definition) is 2. The van der Waals surface area contributed by atoms with E-state index in [1.165, 1.54) is 6.26 Å². The second-order valence-corrected chi connectivity index (χ2v) is 3.87. The standard InChI is InChI=1S/C13H13N3O3/c1-14-15-13(18)10-4-2-6-16(8-10)9-11(17)12-5-3-7-19-12/h2-8,14H,9H2,1H3/p+1. The molecule has 2 aromatic heterocycles. The van der Waals surface area contributed by atoms with Crippen LogP contribution in [0.1, 0.15) is 20.9 Å². The third kappa shape index (κ3) is 3.26. The van der Waals surface area contributed by atoms with Gasteiger partial charge < -0.3 is 4.42 Å². The van der Waals surface area contributed by atoms with E-state index in [0.717, 1.165) is 0 Å². The quantitative estimate of drug-likeness (QED) is 0.461. The monoisotopic (exact) mass is 260 g/mol. The third-order valence-electron chi connectivity index (χ3n) is 2.48. The minimum absolute atomic E-state index is 0.119. The average molecular weight is 260 g/mol. The van der Waals surface area contributed by atoms with Gasteiger partial charge in [0.25, 0.3) is 11.7 Å². The molecule has 6 nitrogen and oxygen atoms in total. The molecule has 0 aliphatic heterocycles. The summed E-state index contributed by atoms with van der Waals surface area (Å²) >= 11 is 0. The number of aromatic nitrogens is 1. The maximum absolute atomic E-state index is 11.9. The minimum Gasteiger partial charge on any atom is -0.461 e. The molecule has 0 radical (unpaired) electrons. The van der Waals surface area contributed by atoms with Crippen molar-refractivity contribution in [3.8, 4) is 0 Å². The first kappa shape index (κ1) is 13.0. The van der Waals surface area contributed by atoms with Crippen molar-refractivity contribution in [3.63, 3.8) is 0 Å². The van der Waals surface area contributed by atoms with Gasteiger partial charge in [0, 0.05) is 13.1 Å². The Morgan fingerprint density at radius 3 is 2.84 bits per heavy atom. The Hall–Kier alpha value is -2.47. The second-order valence-electron chi connectivity index (χ2n) is 3.87. The normalized spacial score (nSPS) is 10.2. The van der Waals surface area contributed by atoms with E-state index in [4.69, 9.17) is 4.42 Å². The van der Waals surface area contributed by atoms with Crippen LogP contribution < -0.4 is 15.4 Å². The Labute approximate surface area is 110 Å². The highest BCUT2D eigenvalue weighted by Gasteiger charge is 2.16. The van der Waals surface area contributed by atoms with Gasteiger partial charge in [-0.3, -0.25) is 15.0 Å². The predicted octanol–water partition coefficient (Wildman–Crippen LogP) is 0.314. The van der Waals surface area contributed by atoms with Crippen LogP contribution in [-0.2, 0) is 6.54 Å². The minimum atomic E-state index is -0.262. The molecule has 0 aliphatic carbocycles. The van der Waals surface area contributed by atoms with Gasteiger partial charge in [-0.25, -0.2) is 5.43 Å². The number of Topliss-reactive ketones (excluding diaryl/α,β-unsaturated/α-hetero) is 1. The number of amides is 1. The molecule has 2 rings (SSSR count). The number of furan rings is 1. The van der Waals surface area contributed by atoms with Crippen molar-refractivity contribution in [1.29, 1.82) is 0 Å². The number of carbonyl (C=O) groups excluding carboxylic acids is 2. The van der Waals surface area contributed by atoms with E-state index >= 15 is 0 Å². The number of nitrogens with one attached hydrogen (secondary N) is 2. The summed E-state index contributed by atoms with van der Waals surface area (Å²) in [6.07, 6.45) is 4.78. The van der Waals surface area contributed by atoms with E-state index in [2.05, 4.69) is 10.9 Å². The fourth-order valence-corrected chi connectivity index (χ4v) is 1.62. The molecule has 0 saturated heterocycles. The van der Waals surface area contributed by atoms with E-state index < -0.39 is 0 Å². The van der Waals surface area contributed by atoms with Crippen LogP contribution in [0.25, 0.3) is 0 Å². The summed E-state index contributed by atoms with van der Waals surface area (Å²) in [5.74, 6) is -0.110. The largest absolute Gasteiger partial charge is 0.461 e. The van der Waals surface area contributed by atoms with Crippen molar-refractivity contribution < 1.29 is 18.6 Å². The van der Waals surface area contributed by atoms with Crippen molar-refractivity contribution >= 4 is 11.7 Å². The van der Waals surface area contributed by atoms with Crippen LogP contribution in [0.5, 0.6) is 0 Å². The van der Waals surface area contributed by atoms with Gasteiger partial charge in [-0.1, -0.05) is 0 Å². The van der Waals surface area contributed by atoms with Crippen LogP contribution >= 0.6 is 0 Å². The zero-order valence-corrected chi connectivity index (χ0v) is 10.4. The van der Waals surface area contributed by atoms with Crippen LogP contribution in [0, 0.1) is 0 Å². The van der Waals surface area contributed by atoms with Gasteiger partial charge in [0.15, 0.2) is 18.2 Å². The maximum Gasteiger partial charge on any atom is 0.271 e. The van der Waals surface area contributed by atoms with Gasteiger partial charge in [0.05, 0.1) is 6.26 Å². The SMILES string of the molecule is CNNC(=O)c1ccc[n+](CC(=O)c2ccco2)c1. The van der Waals surface area contributed by atoms with Crippen molar-refractivity contribution in [1.82, 2.24) is 10.9 Å². The summed E-state index contributed by atoms with van der Waals surface area (Å²) in [5, 5.41) is 0. The summed E-state index contributed by atoms with van der Waals surface area (Å²) in [6.45, 7) is 0.119. The zero-order valence-electron chi connectivity index (χ0n) is 10.4. The fourth-order valence-electron chi connectivity index (χ4n) is 1.62. The first-order chi connectivity index (χ1) is 9.20.